The van der Waals surface area contributed by atoms with E-state index in [-0.39, 0.29) is 19.0 Å². The molecular formula is C20H17NO6. The van der Waals surface area contributed by atoms with Crippen LogP contribution < -0.4 is 23.7 Å². The van der Waals surface area contributed by atoms with Gasteiger partial charge >= 0.3 is 0 Å². The van der Waals surface area contributed by atoms with Crippen molar-refractivity contribution in [1.29, 1.82) is 5.26 Å². The molecule has 0 N–H and O–H groups in total. The zero-order valence-corrected chi connectivity index (χ0v) is 14.7. The Kier molecular flexibility index (Phi) is 4.47. The summed E-state index contributed by atoms with van der Waals surface area (Å²) in [6.07, 6.45) is 0.0267. The van der Waals surface area contributed by atoms with Crippen LogP contribution in [0.5, 0.6) is 28.7 Å². The smallest absolute Gasteiger partial charge is 0.231 e. The van der Waals surface area contributed by atoms with Crippen molar-refractivity contribution in [1.82, 2.24) is 0 Å². The monoisotopic (exact) mass is 367 g/mol. The van der Waals surface area contributed by atoms with E-state index in [1.165, 1.54) is 7.11 Å². The van der Waals surface area contributed by atoms with E-state index in [2.05, 4.69) is 6.07 Å². The van der Waals surface area contributed by atoms with E-state index < -0.39 is 5.92 Å². The first kappa shape index (κ1) is 17.0. The number of fused-ring (bicyclic) bond motifs is 2. The lowest BCUT2D eigenvalue weighted by atomic mass is 9.92. The van der Waals surface area contributed by atoms with Crippen LogP contribution in [0.3, 0.4) is 0 Å². The minimum absolute atomic E-state index is 0.0267. The predicted octanol–water partition coefficient (Wildman–Crippen LogP) is 3.08. The Balaban J connectivity index is 1.57. The van der Waals surface area contributed by atoms with Crippen molar-refractivity contribution < 1.29 is 28.5 Å². The van der Waals surface area contributed by atoms with E-state index in [1.807, 2.05) is 0 Å². The number of methoxy groups -OCH3 is 1. The van der Waals surface area contributed by atoms with Crippen molar-refractivity contribution in [3.8, 4) is 34.8 Å². The van der Waals surface area contributed by atoms with Crippen LogP contribution in [0.15, 0.2) is 30.3 Å². The fourth-order valence-corrected chi connectivity index (χ4v) is 3.11. The third-order valence-electron chi connectivity index (χ3n) is 4.49. The highest BCUT2D eigenvalue weighted by Gasteiger charge is 2.25. The summed E-state index contributed by atoms with van der Waals surface area (Å²) in [6.45, 7) is 1.04. The molecule has 7 nitrogen and oxygen atoms in total. The molecule has 2 aromatic rings. The van der Waals surface area contributed by atoms with Gasteiger partial charge in [0.2, 0.25) is 12.5 Å². The molecule has 1 atom stereocenters. The minimum atomic E-state index is -0.644. The van der Waals surface area contributed by atoms with Crippen LogP contribution in [0.1, 0.15) is 28.3 Å². The standard InChI is InChI=1S/C20H17NO6/c1-23-18-8-13(9-19-20(18)27-11-26-19)14(10-21)6-15(22)12-2-3-16-17(7-12)25-5-4-24-16/h2-3,7-9,14H,4-6,11H2,1H3. The van der Waals surface area contributed by atoms with Crippen molar-refractivity contribution in [3.05, 3.63) is 41.5 Å². The number of hydrogen-bond donors (Lipinski definition) is 0. The fraction of sp³-hybridized carbons (Fsp3) is 0.300. The van der Waals surface area contributed by atoms with Gasteiger partial charge in [0.1, 0.15) is 13.2 Å². The van der Waals surface area contributed by atoms with Crippen LogP contribution in [-0.4, -0.2) is 32.9 Å². The molecule has 1 unspecified atom stereocenters. The Bertz CT molecular complexity index is 933. The van der Waals surface area contributed by atoms with Crippen molar-refractivity contribution >= 4 is 5.78 Å². The lowest BCUT2D eigenvalue weighted by Crippen LogP contribution is -2.16. The maximum absolute atomic E-state index is 12.7. The third kappa shape index (κ3) is 3.22. The molecule has 4 rings (SSSR count). The number of nitriles is 1. The summed E-state index contributed by atoms with van der Waals surface area (Å²) in [5, 5.41) is 9.62. The number of rotatable bonds is 5. The van der Waals surface area contributed by atoms with Crippen molar-refractivity contribution in [2.75, 3.05) is 27.1 Å². The van der Waals surface area contributed by atoms with E-state index >= 15 is 0 Å². The summed E-state index contributed by atoms with van der Waals surface area (Å²) in [7, 11) is 1.52. The second kappa shape index (κ2) is 7.08. The average molecular weight is 367 g/mol. The molecule has 0 saturated carbocycles. The van der Waals surface area contributed by atoms with Gasteiger partial charge in [0.05, 0.1) is 19.1 Å². The molecule has 2 aliphatic heterocycles. The van der Waals surface area contributed by atoms with Gasteiger partial charge in [-0.3, -0.25) is 4.79 Å². The van der Waals surface area contributed by atoms with Crippen molar-refractivity contribution in [2.45, 2.75) is 12.3 Å². The molecule has 0 saturated heterocycles. The molecule has 0 radical (unpaired) electrons. The molecule has 7 heteroatoms. The summed E-state index contributed by atoms with van der Waals surface area (Å²) in [5.74, 6) is 1.87. The number of nitrogens with zero attached hydrogens (tertiary/aromatic N) is 1. The van der Waals surface area contributed by atoms with Gasteiger partial charge in [-0.05, 0) is 35.9 Å². The maximum atomic E-state index is 12.7. The predicted molar refractivity (Wildman–Crippen MR) is 93.9 cm³/mol. The van der Waals surface area contributed by atoms with Crippen LogP contribution in [-0.2, 0) is 0 Å². The number of ketones is 1. The van der Waals surface area contributed by atoms with E-state index in [4.69, 9.17) is 23.7 Å². The molecule has 2 aliphatic rings. The highest BCUT2D eigenvalue weighted by Crippen LogP contribution is 2.43. The van der Waals surface area contributed by atoms with Gasteiger partial charge in [-0.1, -0.05) is 0 Å². The number of carbonyl (C=O) groups is 1. The lowest BCUT2D eigenvalue weighted by Gasteiger charge is -2.19. The van der Waals surface area contributed by atoms with Gasteiger partial charge < -0.3 is 23.7 Å². The second-order valence-electron chi connectivity index (χ2n) is 6.12. The zero-order chi connectivity index (χ0) is 18.8. The van der Waals surface area contributed by atoms with Gasteiger partial charge in [-0.15, -0.1) is 0 Å². The van der Waals surface area contributed by atoms with Gasteiger partial charge in [-0.25, -0.2) is 0 Å². The first-order chi connectivity index (χ1) is 13.2. The quantitative estimate of drug-likeness (QED) is 0.751. The number of benzene rings is 2. The summed E-state index contributed by atoms with van der Waals surface area (Å²) >= 11 is 0. The molecule has 2 heterocycles. The Morgan fingerprint density at radius 1 is 1.11 bits per heavy atom. The Morgan fingerprint density at radius 2 is 1.93 bits per heavy atom. The minimum Gasteiger partial charge on any atom is -0.493 e. The summed E-state index contributed by atoms with van der Waals surface area (Å²) in [5.41, 5.74) is 1.12. The summed E-state index contributed by atoms with van der Waals surface area (Å²) in [6, 6.07) is 10.7. The first-order valence-corrected chi connectivity index (χ1v) is 8.49. The number of ether oxygens (including phenoxy) is 5. The number of carbonyl (C=O) groups excluding carboxylic acids is 1. The molecule has 0 aromatic heterocycles. The van der Waals surface area contributed by atoms with E-state index in [0.717, 1.165) is 0 Å². The van der Waals surface area contributed by atoms with Crippen molar-refractivity contribution in [3.63, 3.8) is 0 Å². The largest absolute Gasteiger partial charge is 0.493 e. The SMILES string of the molecule is COc1cc(C(C#N)CC(=O)c2ccc3c(c2)OCCO3)cc2c1OCO2. The molecule has 0 aliphatic carbocycles. The normalized spacial score (nSPS) is 15.0. The van der Waals surface area contributed by atoms with E-state index in [0.29, 0.717) is 53.1 Å². The molecule has 27 heavy (non-hydrogen) atoms. The molecule has 0 fully saturated rings. The van der Waals surface area contributed by atoms with Crippen LogP contribution in [0.4, 0.5) is 0 Å². The average Bonchev–Trinajstić information content (AvgIpc) is 3.19. The topological polar surface area (TPSA) is 87.0 Å². The van der Waals surface area contributed by atoms with Crippen LogP contribution in [0.25, 0.3) is 0 Å². The molecule has 2 aromatic carbocycles. The number of hydrogen-bond acceptors (Lipinski definition) is 7. The van der Waals surface area contributed by atoms with Crippen LogP contribution in [0, 0.1) is 11.3 Å². The zero-order valence-electron chi connectivity index (χ0n) is 14.7. The molecule has 0 amide bonds. The van der Waals surface area contributed by atoms with Gasteiger partial charge in [0.25, 0.3) is 0 Å². The highest BCUT2D eigenvalue weighted by molar-refractivity contribution is 5.97. The molecule has 0 spiro atoms. The molecule has 0 bridgehead atoms. The summed E-state index contributed by atoms with van der Waals surface area (Å²) < 4.78 is 27.1. The Hall–Kier alpha value is -3.40. The number of Topliss-reactive ketones (excluding diaryl/α,β-unsaturated/α-hetero) is 1. The maximum Gasteiger partial charge on any atom is 0.231 e. The van der Waals surface area contributed by atoms with Crippen molar-refractivity contribution in [2.24, 2.45) is 0 Å². The van der Waals surface area contributed by atoms with Crippen LogP contribution in [0.2, 0.25) is 0 Å². The van der Waals surface area contributed by atoms with E-state index in [1.54, 1.807) is 30.3 Å². The van der Waals surface area contributed by atoms with Gasteiger partial charge in [0.15, 0.2) is 28.8 Å². The third-order valence-corrected chi connectivity index (χ3v) is 4.49. The van der Waals surface area contributed by atoms with E-state index in [9.17, 15) is 10.1 Å². The van der Waals surface area contributed by atoms with Crippen LogP contribution >= 0.6 is 0 Å². The first-order valence-electron chi connectivity index (χ1n) is 8.49. The fourth-order valence-electron chi connectivity index (χ4n) is 3.11. The second-order valence-corrected chi connectivity index (χ2v) is 6.12. The molecule has 138 valence electrons. The summed E-state index contributed by atoms with van der Waals surface area (Å²) in [4.78, 5) is 12.7. The Labute approximate surface area is 156 Å². The lowest BCUT2D eigenvalue weighted by molar-refractivity contribution is 0.0977. The highest BCUT2D eigenvalue weighted by atomic mass is 16.7. The van der Waals surface area contributed by atoms with Gasteiger partial charge in [0, 0.05) is 12.0 Å². The Morgan fingerprint density at radius 3 is 2.70 bits per heavy atom. The van der Waals surface area contributed by atoms with Gasteiger partial charge in [-0.2, -0.15) is 5.26 Å². The molecular weight excluding hydrogens is 350 g/mol.